The fraction of sp³-hybridized carbons (Fsp3) is 0.407. The molecule has 34 heavy (non-hydrogen) atoms. The predicted molar refractivity (Wildman–Crippen MR) is 140 cm³/mol. The maximum atomic E-state index is 6.20. The Morgan fingerprint density at radius 1 is 0.912 bits per heavy atom. The number of nitrogens with zero attached hydrogens (tertiary/aromatic N) is 5. The van der Waals surface area contributed by atoms with Crippen LogP contribution in [0.2, 0.25) is 0 Å². The minimum absolute atomic E-state index is 0.773. The number of piperidine rings is 1. The van der Waals surface area contributed by atoms with E-state index in [1.807, 2.05) is 30.6 Å². The smallest absolute Gasteiger partial charge is 0.137 e. The van der Waals surface area contributed by atoms with E-state index in [1.165, 1.54) is 44.3 Å². The molecular formula is C27H33N7. The number of aromatic nitrogens is 3. The molecular weight excluding hydrogens is 422 g/mol. The molecule has 7 nitrogen and oxygen atoms in total. The molecule has 7 heteroatoms. The topological polar surface area (TPSA) is 75.2 Å². The zero-order chi connectivity index (χ0) is 22.9. The summed E-state index contributed by atoms with van der Waals surface area (Å²) in [5.41, 5.74) is 8.04. The third-order valence-corrected chi connectivity index (χ3v) is 7.59. The summed E-state index contributed by atoms with van der Waals surface area (Å²) in [5, 5.41) is 6.71. The van der Waals surface area contributed by atoms with Gasteiger partial charge < -0.3 is 20.9 Å². The van der Waals surface area contributed by atoms with Gasteiger partial charge in [-0.05, 0) is 56.0 Å². The van der Waals surface area contributed by atoms with E-state index in [-0.39, 0.29) is 0 Å². The van der Waals surface area contributed by atoms with E-state index in [0.29, 0.717) is 0 Å². The van der Waals surface area contributed by atoms with E-state index in [2.05, 4.69) is 49.1 Å². The van der Waals surface area contributed by atoms with Crippen molar-refractivity contribution in [2.75, 3.05) is 56.4 Å². The number of anilines is 2. The summed E-state index contributed by atoms with van der Waals surface area (Å²) in [5.74, 6) is 2.78. The van der Waals surface area contributed by atoms with Crippen molar-refractivity contribution in [3.8, 4) is 5.82 Å². The molecule has 2 fully saturated rings. The maximum Gasteiger partial charge on any atom is 0.137 e. The SMILES string of the molecule is Nc1cccc2cnc(-n3ccc4cc(N5CCC(CCN6CCNCC6)CC5)ncc43)cc12. The number of nitrogen functional groups attached to an aromatic ring is 1. The molecule has 0 bridgehead atoms. The van der Waals surface area contributed by atoms with Gasteiger partial charge in [0.15, 0.2) is 0 Å². The molecule has 0 spiro atoms. The summed E-state index contributed by atoms with van der Waals surface area (Å²) in [6.45, 7) is 8.11. The van der Waals surface area contributed by atoms with Crippen molar-refractivity contribution in [1.82, 2.24) is 24.8 Å². The number of fused-ring (bicyclic) bond motifs is 2. The van der Waals surface area contributed by atoms with Crippen LogP contribution in [0, 0.1) is 5.92 Å². The summed E-state index contributed by atoms with van der Waals surface area (Å²) in [7, 11) is 0. The van der Waals surface area contributed by atoms with Crippen molar-refractivity contribution in [3.05, 3.63) is 55.0 Å². The van der Waals surface area contributed by atoms with Crippen molar-refractivity contribution < 1.29 is 0 Å². The largest absolute Gasteiger partial charge is 0.398 e. The first-order valence-electron chi connectivity index (χ1n) is 12.5. The standard InChI is InChI=1S/C27H33N7/c28-24-3-1-2-22-18-30-27(17-23(22)24)34-13-7-21-16-26(31-19-25(21)34)33-11-5-20(6-12-33)4-10-32-14-8-29-9-15-32/h1-3,7,13,16-20,29H,4-6,8-12,14-15,28H2. The van der Waals surface area contributed by atoms with Crippen LogP contribution in [0.15, 0.2) is 55.0 Å². The van der Waals surface area contributed by atoms with Gasteiger partial charge >= 0.3 is 0 Å². The molecule has 3 N–H and O–H groups in total. The van der Waals surface area contributed by atoms with Crippen LogP contribution in [-0.4, -0.2) is 65.2 Å². The third kappa shape index (κ3) is 4.21. The second-order valence-electron chi connectivity index (χ2n) is 9.71. The maximum absolute atomic E-state index is 6.20. The number of hydrogen-bond donors (Lipinski definition) is 2. The highest BCUT2D eigenvalue weighted by Gasteiger charge is 2.22. The first-order valence-corrected chi connectivity index (χ1v) is 12.5. The lowest BCUT2D eigenvalue weighted by Crippen LogP contribution is -2.44. The molecule has 0 radical (unpaired) electrons. The van der Waals surface area contributed by atoms with E-state index in [4.69, 9.17) is 10.7 Å². The number of piperazine rings is 1. The summed E-state index contributed by atoms with van der Waals surface area (Å²) >= 11 is 0. The minimum atomic E-state index is 0.773. The Kier molecular flexibility index (Phi) is 5.81. The number of rotatable bonds is 5. The zero-order valence-corrected chi connectivity index (χ0v) is 19.7. The van der Waals surface area contributed by atoms with E-state index in [9.17, 15) is 0 Å². The number of hydrogen-bond acceptors (Lipinski definition) is 6. The Morgan fingerprint density at radius 2 is 1.74 bits per heavy atom. The Balaban J connectivity index is 1.14. The summed E-state index contributed by atoms with van der Waals surface area (Å²) in [6.07, 6.45) is 9.80. The lowest BCUT2D eigenvalue weighted by atomic mass is 9.93. The van der Waals surface area contributed by atoms with Gasteiger partial charge in [0.05, 0.1) is 11.7 Å². The average molecular weight is 456 g/mol. The molecule has 2 saturated heterocycles. The number of pyridine rings is 2. The van der Waals surface area contributed by atoms with E-state index in [0.717, 1.165) is 65.7 Å². The summed E-state index contributed by atoms with van der Waals surface area (Å²) in [6, 6.07) is 12.4. The fourth-order valence-corrected chi connectivity index (χ4v) is 5.46. The lowest BCUT2D eigenvalue weighted by Gasteiger charge is -2.34. The molecule has 4 aromatic rings. The van der Waals surface area contributed by atoms with E-state index < -0.39 is 0 Å². The van der Waals surface area contributed by atoms with E-state index in [1.54, 1.807) is 0 Å². The van der Waals surface area contributed by atoms with Gasteiger partial charge in [0, 0.05) is 73.5 Å². The minimum Gasteiger partial charge on any atom is -0.398 e. The molecule has 1 aromatic carbocycles. The Hall–Kier alpha value is -3.16. The van der Waals surface area contributed by atoms with Crippen LogP contribution in [0.1, 0.15) is 19.3 Å². The van der Waals surface area contributed by atoms with Crippen LogP contribution in [0.4, 0.5) is 11.5 Å². The van der Waals surface area contributed by atoms with Crippen molar-refractivity contribution in [2.45, 2.75) is 19.3 Å². The normalized spacial score (nSPS) is 18.2. The van der Waals surface area contributed by atoms with Crippen molar-refractivity contribution in [1.29, 1.82) is 0 Å². The van der Waals surface area contributed by atoms with E-state index >= 15 is 0 Å². The van der Waals surface area contributed by atoms with Gasteiger partial charge in [-0.1, -0.05) is 12.1 Å². The van der Waals surface area contributed by atoms with Crippen LogP contribution in [0.5, 0.6) is 0 Å². The van der Waals surface area contributed by atoms with Crippen LogP contribution in [0.25, 0.3) is 27.5 Å². The summed E-state index contributed by atoms with van der Waals surface area (Å²) in [4.78, 5) is 14.6. The van der Waals surface area contributed by atoms with Crippen LogP contribution in [-0.2, 0) is 0 Å². The highest BCUT2D eigenvalue weighted by atomic mass is 15.2. The van der Waals surface area contributed by atoms with Crippen molar-refractivity contribution >= 4 is 33.2 Å². The van der Waals surface area contributed by atoms with Crippen molar-refractivity contribution in [3.63, 3.8) is 0 Å². The fourth-order valence-electron chi connectivity index (χ4n) is 5.46. The van der Waals surface area contributed by atoms with Gasteiger partial charge in [-0.3, -0.25) is 4.57 Å². The molecule has 3 aromatic heterocycles. The van der Waals surface area contributed by atoms with Crippen LogP contribution < -0.4 is 16.0 Å². The Morgan fingerprint density at radius 3 is 2.59 bits per heavy atom. The second kappa shape index (κ2) is 9.24. The molecule has 2 aliphatic heterocycles. The second-order valence-corrected chi connectivity index (χ2v) is 9.71. The highest BCUT2D eigenvalue weighted by molar-refractivity contribution is 5.93. The highest BCUT2D eigenvalue weighted by Crippen LogP contribution is 2.29. The van der Waals surface area contributed by atoms with Crippen LogP contribution in [0.3, 0.4) is 0 Å². The van der Waals surface area contributed by atoms with Gasteiger partial charge in [-0.15, -0.1) is 0 Å². The molecule has 0 unspecified atom stereocenters. The predicted octanol–water partition coefficient (Wildman–Crippen LogP) is 3.67. The third-order valence-electron chi connectivity index (χ3n) is 7.59. The quantitative estimate of drug-likeness (QED) is 0.447. The number of nitrogens with two attached hydrogens (primary N) is 1. The molecule has 176 valence electrons. The Bertz CT molecular complexity index is 1280. The Labute approximate surface area is 200 Å². The van der Waals surface area contributed by atoms with Gasteiger partial charge in [-0.25, -0.2) is 9.97 Å². The lowest BCUT2D eigenvalue weighted by molar-refractivity contribution is 0.215. The molecule has 0 saturated carbocycles. The summed E-state index contributed by atoms with van der Waals surface area (Å²) < 4.78 is 2.10. The van der Waals surface area contributed by atoms with Crippen molar-refractivity contribution in [2.24, 2.45) is 5.92 Å². The number of benzene rings is 1. The van der Waals surface area contributed by atoms with Gasteiger partial charge in [0.1, 0.15) is 11.6 Å². The number of nitrogens with one attached hydrogen (secondary N) is 1. The molecule has 6 rings (SSSR count). The first-order chi connectivity index (χ1) is 16.7. The molecule has 0 amide bonds. The van der Waals surface area contributed by atoms with Gasteiger partial charge in [0.25, 0.3) is 0 Å². The van der Waals surface area contributed by atoms with Gasteiger partial charge in [-0.2, -0.15) is 0 Å². The monoisotopic (exact) mass is 455 g/mol. The average Bonchev–Trinajstić information content (AvgIpc) is 3.32. The molecule has 0 atom stereocenters. The molecule has 0 aliphatic carbocycles. The first kappa shape index (κ1) is 21.4. The van der Waals surface area contributed by atoms with Crippen LogP contribution >= 0.6 is 0 Å². The zero-order valence-electron chi connectivity index (χ0n) is 19.7. The molecule has 2 aliphatic rings. The van der Waals surface area contributed by atoms with Gasteiger partial charge in [0.2, 0.25) is 0 Å². The molecule has 5 heterocycles.